The second-order valence-corrected chi connectivity index (χ2v) is 6.60. The van der Waals surface area contributed by atoms with Gasteiger partial charge in [-0.2, -0.15) is 0 Å². The zero-order valence-electron chi connectivity index (χ0n) is 16.4. The van der Waals surface area contributed by atoms with E-state index in [2.05, 4.69) is 10.1 Å². The zero-order chi connectivity index (χ0) is 21.1. The average Bonchev–Trinajstić information content (AvgIpc) is 3.35. The molecule has 0 atom stereocenters. The number of benzene rings is 1. The van der Waals surface area contributed by atoms with Gasteiger partial charge in [0.1, 0.15) is 17.3 Å². The van der Waals surface area contributed by atoms with E-state index in [1.807, 2.05) is 6.07 Å². The van der Waals surface area contributed by atoms with Crippen molar-refractivity contribution in [1.29, 1.82) is 0 Å². The summed E-state index contributed by atoms with van der Waals surface area (Å²) in [5.74, 6) is 1.13. The molecular formula is C22H18N2O6. The highest BCUT2D eigenvalue weighted by Crippen LogP contribution is 2.39. The van der Waals surface area contributed by atoms with Gasteiger partial charge in [-0.3, -0.25) is 14.6 Å². The maximum absolute atomic E-state index is 12.6. The molecule has 0 unspecified atom stereocenters. The van der Waals surface area contributed by atoms with Gasteiger partial charge in [-0.15, -0.1) is 0 Å². The van der Waals surface area contributed by atoms with E-state index in [9.17, 15) is 9.59 Å². The largest absolute Gasteiger partial charge is 0.479 e. The van der Waals surface area contributed by atoms with Gasteiger partial charge in [0.05, 0.1) is 19.1 Å². The summed E-state index contributed by atoms with van der Waals surface area (Å²) in [7, 11) is 1.48. The van der Waals surface area contributed by atoms with E-state index in [0.29, 0.717) is 40.7 Å². The van der Waals surface area contributed by atoms with Gasteiger partial charge in [-0.25, -0.2) is 0 Å². The third kappa shape index (κ3) is 3.93. The van der Waals surface area contributed by atoms with E-state index >= 15 is 0 Å². The number of allylic oxidation sites excluding steroid dienone is 1. The van der Waals surface area contributed by atoms with Crippen LogP contribution in [0.25, 0.3) is 6.08 Å². The lowest BCUT2D eigenvalue weighted by atomic mass is 10.1. The van der Waals surface area contributed by atoms with Gasteiger partial charge in [-0.1, -0.05) is 6.07 Å². The maximum atomic E-state index is 12.6. The molecule has 0 N–H and O–H groups in total. The molecule has 0 aliphatic carbocycles. The number of methoxy groups -OCH3 is 1. The highest BCUT2D eigenvalue weighted by molar-refractivity contribution is 6.15. The van der Waals surface area contributed by atoms with E-state index in [4.69, 9.17) is 18.7 Å². The predicted octanol–water partition coefficient (Wildman–Crippen LogP) is 3.54. The highest BCUT2D eigenvalue weighted by atomic mass is 16.5. The first-order chi connectivity index (χ1) is 14.5. The van der Waals surface area contributed by atoms with Crippen molar-refractivity contribution in [3.05, 3.63) is 70.9 Å². The predicted molar refractivity (Wildman–Crippen MR) is 105 cm³/mol. The number of carbonyl (C=O) groups excluding carboxylic acids is 2. The van der Waals surface area contributed by atoms with E-state index in [1.54, 1.807) is 49.7 Å². The molecule has 3 heterocycles. The maximum Gasteiger partial charge on any atom is 0.311 e. The molecule has 1 aliphatic rings. The Hall–Kier alpha value is -3.94. The number of carbonyl (C=O) groups is 2. The number of aromatic nitrogens is 2. The number of hydrogen-bond acceptors (Lipinski definition) is 8. The summed E-state index contributed by atoms with van der Waals surface area (Å²) in [6.07, 6.45) is 5.34. The number of ketones is 1. The summed E-state index contributed by atoms with van der Waals surface area (Å²) in [6, 6.07) is 8.40. The summed E-state index contributed by atoms with van der Waals surface area (Å²) in [5.41, 5.74) is 1.75. The van der Waals surface area contributed by atoms with Gasteiger partial charge >= 0.3 is 5.97 Å². The monoisotopic (exact) mass is 406 g/mol. The minimum atomic E-state index is -0.441. The first kappa shape index (κ1) is 19.4. The van der Waals surface area contributed by atoms with Crippen LogP contribution in [-0.4, -0.2) is 29.0 Å². The van der Waals surface area contributed by atoms with Crippen LogP contribution >= 0.6 is 0 Å². The number of nitrogens with zero attached hydrogens (tertiary/aromatic N) is 2. The van der Waals surface area contributed by atoms with Gasteiger partial charge in [0.25, 0.3) is 5.88 Å². The molecule has 8 nitrogen and oxygen atoms in total. The molecule has 0 fully saturated rings. The van der Waals surface area contributed by atoms with Crippen molar-refractivity contribution in [3.8, 4) is 17.4 Å². The molecule has 0 saturated carbocycles. The third-order valence-electron chi connectivity index (χ3n) is 4.56. The topological polar surface area (TPSA) is 101 Å². The van der Waals surface area contributed by atoms with Crippen LogP contribution in [0.3, 0.4) is 0 Å². The standard InChI is InChI=1S/C22H18N2O6/c1-13-17(28-20(25)8-5-15-11-19(27-2)24-30-15)7-6-16-21(26)18(29-22(13)16)10-14-4-3-9-23-12-14/h3-4,6-7,9-12H,5,8H2,1-2H3/b18-10-. The molecule has 3 aromatic rings. The van der Waals surface area contributed by atoms with E-state index in [0.717, 1.165) is 5.56 Å². The number of aryl methyl sites for hydroxylation is 1. The molecule has 0 bridgehead atoms. The lowest BCUT2D eigenvalue weighted by Gasteiger charge is -2.09. The lowest BCUT2D eigenvalue weighted by Crippen LogP contribution is -2.10. The molecule has 2 aromatic heterocycles. The molecule has 0 amide bonds. The number of hydrogen-bond donors (Lipinski definition) is 0. The Kier molecular flexibility index (Phi) is 5.30. The Bertz CT molecular complexity index is 1130. The van der Waals surface area contributed by atoms with Crippen LogP contribution in [0.2, 0.25) is 0 Å². The van der Waals surface area contributed by atoms with Crippen LogP contribution in [0.15, 0.2) is 53.0 Å². The van der Waals surface area contributed by atoms with Crippen LogP contribution in [0, 0.1) is 6.92 Å². The summed E-state index contributed by atoms with van der Waals surface area (Å²) in [4.78, 5) is 28.9. The van der Waals surface area contributed by atoms with Crippen LogP contribution in [0.5, 0.6) is 17.4 Å². The quantitative estimate of drug-likeness (QED) is 0.348. The van der Waals surface area contributed by atoms with Crippen molar-refractivity contribution in [2.24, 2.45) is 0 Å². The molecule has 1 aromatic carbocycles. The van der Waals surface area contributed by atoms with Gasteiger partial charge in [0, 0.05) is 30.4 Å². The van der Waals surface area contributed by atoms with Crippen molar-refractivity contribution < 1.29 is 28.3 Å². The van der Waals surface area contributed by atoms with Crippen LogP contribution in [0.4, 0.5) is 0 Å². The van der Waals surface area contributed by atoms with Crippen molar-refractivity contribution in [2.45, 2.75) is 19.8 Å². The van der Waals surface area contributed by atoms with E-state index in [1.165, 1.54) is 7.11 Å². The second-order valence-electron chi connectivity index (χ2n) is 6.60. The number of rotatable bonds is 6. The van der Waals surface area contributed by atoms with Gasteiger partial charge < -0.3 is 18.7 Å². The summed E-state index contributed by atoms with van der Waals surface area (Å²) in [5, 5.41) is 3.69. The smallest absolute Gasteiger partial charge is 0.311 e. The molecule has 0 radical (unpaired) electrons. The normalized spacial score (nSPS) is 13.8. The van der Waals surface area contributed by atoms with Gasteiger partial charge in [0.2, 0.25) is 5.78 Å². The highest BCUT2D eigenvalue weighted by Gasteiger charge is 2.30. The first-order valence-corrected chi connectivity index (χ1v) is 9.23. The van der Waals surface area contributed by atoms with Crippen LogP contribution < -0.4 is 14.2 Å². The fourth-order valence-corrected chi connectivity index (χ4v) is 3.00. The first-order valence-electron chi connectivity index (χ1n) is 9.23. The Morgan fingerprint density at radius 2 is 2.13 bits per heavy atom. The second kappa shape index (κ2) is 8.20. The molecule has 1 aliphatic heterocycles. The number of fused-ring (bicyclic) bond motifs is 1. The van der Waals surface area contributed by atoms with Crippen molar-refractivity contribution in [1.82, 2.24) is 10.1 Å². The number of Topliss-reactive ketones (excluding diaryl/α,β-unsaturated/α-hetero) is 1. The van der Waals surface area contributed by atoms with Gasteiger partial charge in [0.15, 0.2) is 5.76 Å². The fourth-order valence-electron chi connectivity index (χ4n) is 3.00. The Morgan fingerprint density at radius 1 is 1.27 bits per heavy atom. The Morgan fingerprint density at radius 3 is 2.87 bits per heavy atom. The molecular weight excluding hydrogens is 388 g/mol. The third-order valence-corrected chi connectivity index (χ3v) is 4.56. The molecule has 4 rings (SSSR count). The molecule has 152 valence electrons. The lowest BCUT2D eigenvalue weighted by molar-refractivity contribution is -0.134. The Balaban J connectivity index is 1.46. The summed E-state index contributed by atoms with van der Waals surface area (Å²) in [6.45, 7) is 1.74. The van der Waals surface area contributed by atoms with Crippen molar-refractivity contribution in [2.75, 3.05) is 7.11 Å². The summed E-state index contributed by atoms with van der Waals surface area (Å²) >= 11 is 0. The minimum absolute atomic E-state index is 0.0980. The van der Waals surface area contributed by atoms with Crippen molar-refractivity contribution >= 4 is 17.8 Å². The van der Waals surface area contributed by atoms with Crippen LogP contribution in [-0.2, 0) is 11.2 Å². The molecule has 8 heteroatoms. The summed E-state index contributed by atoms with van der Waals surface area (Å²) < 4.78 is 21.2. The molecule has 0 spiro atoms. The number of pyridine rings is 1. The van der Waals surface area contributed by atoms with E-state index < -0.39 is 5.97 Å². The molecule has 30 heavy (non-hydrogen) atoms. The average molecular weight is 406 g/mol. The SMILES string of the molecule is COc1cc(CCC(=O)Oc2ccc3c(c2C)O/C(=C\c2cccnc2)C3=O)on1. The van der Waals surface area contributed by atoms with Crippen LogP contribution in [0.1, 0.15) is 33.7 Å². The zero-order valence-corrected chi connectivity index (χ0v) is 16.4. The number of esters is 1. The van der Waals surface area contributed by atoms with E-state index in [-0.39, 0.29) is 18.0 Å². The van der Waals surface area contributed by atoms with Crippen molar-refractivity contribution in [3.63, 3.8) is 0 Å². The fraction of sp³-hybridized carbons (Fsp3) is 0.182. The minimum Gasteiger partial charge on any atom is -0.479 e. The molecule has 0 saturated heterocycles. The Labute approximate surface area is 172 Å². The van der Waals surface area contributed by atoms with Gasteiger partial charge in [-0.05, 0) is 41.9 Å². The number of ether oxygens (including phenoxy) is 3.